The van der Waals surface area contributed by atoms with Crippen LogP contribution >= 0.6 is 0 Å². The van der Waals surface area contributed by atoms with Gasteiger partial charge in [0, 0.05) is 19.0 Å². The van der Waals surface area contributed by atoms with Crippen molar-refractivity contribution in [3.63, 3.8) is 0 Å². The average Bonchev–Trinajstić information content (AvgIpc) is 2.51. The van der Waals surface area contributed by atoms with Crippen LogP contribution in [0.5, 0.6) is 0 Å². The lowest BCUT2D eigenvalue weighted by Crippen LogP contribution is -2.42. The Balaban J connectivity index is 2.81. The first-order chi connectivity index (χ1) is 9.99. The van der Waals surface area contributed by atoms with E-state index in [1.165, 1.54) is 14.2 Å². The molecule has 21 heavy (non-hydrogen) atoms. The summed E-state index contributed by atoms with van der Waals surface area (Å²) in [7, 11) is 2.72. The molecule has 0 N–H and O–H groups in total. The van der Waals surface area contributed by atoms with Gasteiger partial charge in [-0.2, -0.15) is 0 Å². The Kier molecular flexibility index (Phi) is 6.72. The number of hydrogen-bond acceptors (Lipinski definition) is 4. The first-order valence-electron chi connectivity index (χ1n) is 6.95. The maximum atomic E-state index is 12.0. The van der Waals surface area contributed by atoms with Crippen LogP contribution in [0.1, 0.15) is 25.8 Å². The summed E-state index contributed by atoms with van der Waals surface area (Å²) in [6.45, 7) is 4.27. The van der Waals surface area contributed by atoms with E-state index in [-0.39, 0.29) is 24.3 Å². The third kappa shape index (κ3) is 5.10. The average molecular weight is 293 g/mol. The van der Waals surface area contributed by atoms with Gasteiger partial charge in [-0.05, 0) is 18.4 Å². The zero-order valence-corrected chi connectivity index (χ0v) is 13.0. The maximum absolute atomic E-state index is 12.0. The smallest absolute Gasteiger partial charge is 0.410 e. The standard InChI is InChI=1S/C16H23NO4/c1-12(10-15(18)20-3)13(2)17(16(19)21-4)11-14-8-6-5-7-9-14/h5-9,12-13H,10-11H2,1-4H3. The molecule has 1 rings (SSSR count). The fourth-order valence-electron chi connectivity index (χ4n) is 2.10. The monoisotopic (exact) mass is 293 g/mol. The third-order valence-corrected chi connectivity index (χ3v) is 3.64. The molecule has 0 saturated heterocycles. The number of nitrogens with zero attached hydrogens (tertiary/aromatic N) is 1. The molecule has 5 nitrogen and oxygen atoms in total. The van der Waals surface area contributed by atoms with Gasteiger partial charge in [-0.15, -0.1) is 0 Å². The van der Waals surface area contributed by atoms with Gasteiger partial charge in [-0.25, -0.2) is 4.79 Å². The molecule has 0 aromatic heterocycles. The van der Waals surface area contributed by atoms with Gasteiger partial charge in [0.1, 0.15) is 0 Å². The molecule has 0 aliphatic carbocycles. The minimum atomic E-state index is -0.400. The number of carbonyl (C=O) groups excluding carboxylic acids is 2. The van der Waals surface area contributed by atoms with Crippen molar-refractivity contribution >= 4 is 12.1 Å². The third-order valence-electron chi connectivity index (χ3n) is 3.64. The number of ether oxygens (including phenoxy) is 2. The lowest BCUT2D eigenvalue weighted by atomic mass is 9.98. The summed E-state index contributed by atoms with van der Waals surface area (Å²) < 4.78 is 9.54. The molecule has 2 atom stereocenters. The normalized spacial score (nSPS) is 13.1. The van der Waals surface area contributed by atoms with Crippen molar-refractivity contribution in [2.75, 3.05) is 14.2 Å². The summed E-state index contributed by atoms with van der Waals surface area (Å²) in [4.78, 5) is 25.0. The lowest BCUT2D eigenvalue weighted by Gasteiger charge is -2.31. The van der Waals surface area contributed by atoms with Crippen molar-refractivity contribution in [1.29, 1.82) is 0 Å². The van der Waals surface area contributed by atoms with Crippen LogP contribution in [0.25, 0.3) is 0 Å². The molecule has 0 heterocycles. The molecule has 0 bridgehead atoms. The van der Waals surface area contributed by atoms with E-state index < -0.39 is 6.09 Å². The highest BCUT2D eigenvalue weighted by Gasteiger charge is 2.27. The van der Waals surface area contributed by atoms with Crippen molar-refractivity contribution in [1.82, 2.24) is 4.90 Å². The van der Waals surface area contributed by atoms with E-state index in [1.54, 1.807) is 4.90 Å². The van der Waals surface area contributed by atoms with E-state index in [0.29, 0.717) is 6.54 Å². The minimum absolute atomic E-state index is 0.0275. The highest BCUT2D eigenvalue weighted by Crippen LogP contribution is 2.19. The van der Waals surface area contributed by atoms with Crippen LogP contribution in [0.2, 0.25) is 0 Å². The maximum Gasteiger partial charge on any atom is 0.410 e. The van der Waals surface area contributed by atoms with Gasteiger partial charge in [0.05, 0.1) is 14.2 Å². The van der Waals surface area contributed by atoms with Crippen molar-refractivity contribution in [3.8, 4) is 0 Å². The molecular weight excluding hydrogens is 270 g/mol. The fourth-order valence-corrected chi connectivity index (χ4v) is 2.10. The van der Waals surface area contributed by atoms with E-state index in [9.17, 15) is 9.59 Å². The molecule has 0 spiro atoms. The topological polar surface area (TPSA) is 55.8 Å². The van der Waals surface area contributed by atoms with E-state index in [4.69, 9.17) is 4.74 Å². The van der Waals surface area contributed by atoms with Crippen LogP contribution in [0, 0.1) is 5.92 Å². The molecule has 0 fully saturated rings. The summed E-state index contributed by atoms with van der Waals surface area (Å²) >= 11 is 0. The largest absolute Gasteiger partial charge is 0.469 e. The Labute approximate surface area is 125 Å². The van der Waals surface area contributed by atoms with Crippen LogP contribution in [-0.2, 0) is 20.8 Å². The van der Waals surface area contributed by atoms with Crippen LogP contribution in [0.15, 0.2) is 30.3 Å². The van der Waals surface area contributed by atoms with E-state index >= 15 is 0 Å². The predicted molar refractivity (Wildman–Crippen MR) is 79.6 cm³/mol. The summed E-state index contributed by atoms with van der Waals surface area (Å²) in [6.07, 6.45) is -0.136. The van der Waals surface area contributed by atoms with Crippen molar-refractivity contribution in [2.45, 2.75) is 32.9 Å². The second kappa shape index (κ2) is 8.29. The zero-order chi connectivity index (χ0) is 15.8. The molecule has 1 amide bonds. The van der Waals surface area contributed by atoms with Gasteiger partial charge >= 0.3 is 12.1 Å². The molecule has 1 aromatic rings. The van der Waals surface area contributed by atoms with Crippen LogP contribution in [-0.4, -0.2) is 37.2 Å². The summed E-state index contributed by atoms with van der Waals surface area (Å²) in [6, 6.07) is 9.54. The Morgan fingerprint density at radius 2 is 1.71 bits per heavy atom. The van der Waals surface area contributed by atoms with Crippen LogP contribution in [0.3, 0.4) is 0 Å². The van der Waals surface area contributed by atoms with E-state index in [2.05, 4.69) is 4.74 Å². The summed E-state index contributed by atoms with van der Waals surface area (Å²) in [5, 5.41) is 0. The first-order valence-corrected chi connectivity index (χ1v) is 6.95. The molecular formula is C16H23NO4. The molecule has 116 valence electrons. The Bertz CT molecular complexity index is 461. The van der Waals surface area contributed by atoms with E-state index in [0.717, 1.165) is 5.56 Å². The quantitative estimate of drug-likeness (QED) is 0.757. The Hall–Kier alpha value is -2.04. The number of amides is 1. The molecule has 0 saturated carbocycles. The molecule has 0 radical (unpaired) electrons. The lowest BCUT2D eigenvalue weighted by molar-refractivity contribution is -0.142. The number of hydrogen-bond donors (Lipinski definition) is 0. The molecule has 0 aliphatic rings. The number of benzene rings is 1. The predicted octanol–water partition coefficient (Wildman–Crippen LogP) is 2.84. The summed E-state index contributed by atoms with van der Waals surface area (Å²) in [5.41, 5.74) is 1.01. The van der Waals surface area contributed by atoms with Gasteiger partial charge < -0.3 is 14.4 Å². The number of rotatable bonds is 6. The van der Waals surface area contributed by atoms with Crippen molar-refractivity contribution in [3.05, 3.63) is 35.9 Å². The number of carbonyl (C=O) groups is 2. The highest BCUT2D eigenvalue weighted by atomic mass is 16.5. The van der Waals surface area contributed by atoms with Gasteiger partial charge in [0.25, 0.3) is 0 Å². The number of esters is 1. The number of methoxy groups -OCH3 is 2. The van der Waals surface area contributed by atoms with E-state index in [1.807, 2.05) is 44.2 Å². The minimum Gasteiger partial charge on any atom is -0.469 e. The summed E-state index contributed by atoms with van der Waals surface area (Å²) in [5.74, 6) is -0.306. The molecule has 2 unspecified atom stereocenters. The second-order valence-corrected chi connectivity index (χ2v) is 5.08. The second-order valence-electron chi connectivity index (χ2n) is 5.08. The fraction of sp³-hybridized carbons (Fsp3) is 0.500. The highest BCUT2D eigenvalue weighted by molar-refractivity contribution is 5.70. The Morgan fingerprint density at radius 1 is 1.10 bits per heavy atom. The van der Waals surface area contributed by atoms with Crippen LogP contribution < -0.4 is 0 Å². The van der Waals surface area contributed by atoms with Gasteiger partial charge in [-0.3, -0.25) is 4.79 Å². The van der Waals surface area contributed by atoms with Gasteiger partial charge in [0.2, 0.25) is 0 Å². The molecule has 5 heteroatoms. The van der Waals surface area contributed by atoms with Gasteiger partial charge in [-0.1, -0.05) is 37.3 Å². The van der Waals surface area contributed by atoms with Crippen LogP contribution in [0.4, 0.5) is 4.79 Å². The Morgan fingerprint density at radius 3 is 2.24 bits per heavy atom. The SMILES string of the molecule is COC(=O)CC(C)C(C)N(Cc1ccccc1)C(=O)OC. The zero-order valence-electron chi connectivity index (χ0n) is 13.0. The molecule has 0 aliphatic heterocycles. The molecule has 1 aromatic carbocycles. The first kappa shape index (κ1) is 17.0. The van der Waals surface area contributed by atoms with Gasteiger partial charge in [0.15, 0.2) is 0 Å². The van der Waals surface area contributed by atoms with Crippen molar-refractivity contribution in [2.24, 2.45) is 5.92 Å². The van der Waals surface area contributed by atoms with Crippen molar-refractivity contribution < 1.29 is 19.1 Å².